The van der Waals surface area contributed by atoms with Gasteiger partial charge in [0.25, 0.3) is 0 Å². The van der Waals surface area contributed by atoms with Crippen molar-refractivity contribution in [3.8, 4) is 0 Å². The molecule has 11 heavy (non-hydrogen) atoms. The van der Waals surface area contributed by atoms with Crippen LogP contribution in [0.2, 0.25) is 0 Å². The lowest BCUT2D eigenvalue weighted by molar-refractivity contribution is 0.943. The molecule has 0 aromatic carbocycles. The first-order valence-corrected chi connectivity index (χ1v) is 3.39. The Balaban J connectivity index is 2.87. The lowest BCUT2D eigenvalue weighted by Crippen LogP contribution is -1.89. The zero-order valence-electron chi connectivity index (χ0n) is 6.44. The molecule has 0 radical (unpaired) electrons. The molecule has 0 aliphatic heterocycles. The van der Waals surface area contributed by atoms with E-state index in [-0.39, 0.29) is 0 Å². The van der Waals surface area contributed by atoms with Crippen LogP contribution in [0.1, 0.15) is 5.69 Å². The van der Waals surface area contributed by atoms with Crippen molar-refractivity contribution in [2.24, 2.45) is 7.05 Å². The molecule has 0 amide bonds. The SMILES string of the molecule is Cc1cc2c(ncn2C)nn1. The molecule has 56 valence electrons. The summed E-state index contributed by atoms with van der Waals surface area (Å²) >= 11 is 0. The highest BCUT2D eigenvalue weighted by atomic mass is 15.2. The zero-order valence-corrected chi connectivity index (χ0v) is 6.44. The second-order valence-electron chi connectivity index (χ2n) is 2.55. The summed E-state index contributed by atoms with van der Waals surface area (Å²) in [4.78, 5) is 4.05. The molecule has 0 aliphatic rings. The van der Waals surface area contributed by atoms with Crippen LogP contribution in [0.4, 0.5) is 0 Å². The van der Waals surface area contributed by atoms with Gasteiger partial charge < -0.3 is 4.57 Å². The number of aromatic nitrogens is 4. The quantitative estimate of drug-likeness (QED) is 0.551. The highest BCUT2D eigenvalue weighted by molar-refractivity contribution is 5.69. The summed E-state index contributed by atoms with van der Waals surface area (Å²) in [5, 5.41) is 7.81. The van der Waals surface area contributed by atoms with Crippen LogP contribution in [0.5, 0.6) is 0 Å². The molecule has 4 heteroatoms. The molecule has 0 bridgehead atoms. The Morgan fingerprint density at radius 1 is 1.36 bits per heavy atom. The molecule has 0 fully saturated rings. The van der Waals surface area contributed by atoms with Crippen molar-refractivity contribution in [3.63, 3.8) is 0 Å². The molecule has 2 aromatic rings. The summed E-state index contributed by atoms with van der Waals surface area (Å²) in [5.41, 5.74) is 2.65. The van der Waals surface area contributed by atoms with Crippen LogP contribution >= 0.6 is 0 Å². The van der Waals surface area contributed by atoms with E-state index in [0.29, 0.717) is 5.65 Å². The van der Waals surface area contributed by atoms with E-state index in [4.69, 9.17) is 0 Å². The lowest BCUT2D eigenvalue weighted by Gasteiger charge is -1.92. The van der Waals surface area contributed by atoms with Crippen molar-refractivity contribution in [2.45, 2.75) is 6.92 Å². The van der Waals surface area contributed by atoms with Gasteiger partial charge in [-0.3, -0.25) is 0 Å². The van der Waals surface area contributed by atoms with Crippen LogP contribution in [0.25, 0.3) is 11.2 Å². The van der Waals surface area contributed by atoms with Gasteiger partial charge >= 0.3 is 0 Å². The van der Waals surface area contributed by atoms with E-state index in [0.717, 1.165) is 11.2 Å². The van der Waals surface area contributed by atoms with Crippen LogP contribution in [-0.2, 0) is 7.05 Å². The van der Waals surface area contributed by atoms with Crippen molar-refractivity contribution in [1.29, 1.82) is 0 Å². The molecule has 0 saturated carbocycles. The van der Waals surface area contributed by atoms with Gasteiger partial charge in [0, 0.05) is 7.05 Å². The van der Waals surface area contributed by atoms with Gasteiger partial charge in [-0.05, 0) is 13.0 Å². The average molecular weight is 148 g/mol. The predicted octanol–water partition coefficient (Wildman–Crippen LogP) is 0.672. The van der Waals surface area contributed by atoms with Crippen molar-refractivity contribution >= 4 is 11.2 Å². The molecule has 2 rings (SSSR count). The Hall–Kier alpha value is -1.45. The molecular formula is C7H8N4. The van der Waals surface area contributed by atoms with E-state index in [9.17, 15) is 0 Å². The molecule has 2 heterocycles. The maximum absolute atomic E-state index is 4.05. The van der Waals surface area contributed by atoms with Crippen LogP contribution in [-0.4, -0.2) is 19.7 Å². The average Bonchev–Trinajstić information content (AvgIpc) is 2.33. The number of rotatable bonds is 0. The van der Waals surface area contributed by atoms with Gasteiger partial charge in [-0.15, -0.1) is 5.10 Å². The van der Waals surface area contributed by atoms with Crippen molar-refractivity contribution in [3.05, 3.63) is 18.1 Å². The molecule has 0 spiro atoms. The summed E-state index contributed by atoms with van der Waals surface area (Å²) in [7, 11) is 1.94. The minimum absolute atomic E-state index is 0.707. The summed E-state index contributed by atoms with van der Waals surface area (Å²) in [6.07, 6.45) is 1.73. The van der Waals surface area contributed by atoms with E-state index >= 15 is 0 Å². The normalized spacial score (nSPS) is 10.7. The van der Waals surface area contributed by atoms with Crippen LogP contribution in [0, 0.1) is 6.92 Å². The summed E-state index contributed by atoms with van der Waals surface area (Å²) < 4.78 is 1.93. The number of hydrogen-bond donors (Lipinski definition) is 0. The number of hydrogen-bond acceptors (Lipinski definition) is 3. The fraction of sp³-hybridized carbons (Fsp3) is 0.286. The summed E-state index contributed by atoms with van der Waals surface area (Å²) in [6.45, 7) is 1.92. The first-order valence-electron chi connectivity index (χ1n) is 3.39. The van der Waals surface area contributed by atoms with Gasteiger partial charge in [0.2, 0.25) is 0 Å². The van der Waals surface area contributed by atoms with Gasteiger partial charge in [0.1, 0.15) is 0 Å². The van der Waals surface area contributed by atoms with Crippen molar-refractivity contribution in [2.75, 3.05) is 0 Å². The maximum atomic E-state index is 4.05. The lowest BCUT2D eigenvalue weighted by atomic mass is 10.4. The van der Waals surface area contributed by atoms with E-state index in [1.165, 1.54) is 0 Å². The standard InChI is InChI=1S/C7H8N4/c1-5-3-6-7(10-9-5)8-4-11(6)2/h3-4H,1-2H3. The minimum atomic E-state index is 0.707. The van der Waals surface area contributed by atoms with E-state index in [2.05, 4.69) is 15.2 Å². The number of fused-ring (bicyclic) bond motifs is 1. The molecule has 0 aliphatic carbocycles. The Bertz CT molecular complexity index is 390. The second-order valence-corrected chi connectivity index (χ2v) is 2.55. The minimum Gasteiger partial charge on any atom is -0.332 e. The predicted molar refractivity (Wildman–Crippen MR) is 41.0 cm³/mol. The third-order valence-corrected chi connectivity index (χ3v) is 1.61. The Morgan fingerprint density at radius 2 is 2.18 bits per heavy atom. The second kappa shape index (κ2) is 2.02. The Labute approximate surface area is 63.9 Å². The summed E-state index contributed by atoms with van der Waals surface area (Å²) in [6, 6.07) is 1.97. The van der Waals surface area contributed by atoms with Crippen molar-refractivity contribution in [1.82, 2.24) is 19.7 Å². The number of nitrogens with zero attached hydrogens (tertiary/aromatic N) is 4. The van der Waals surface area contributed by atoms with Gasteiger partial charge in [0.15, 0.2) is 5.65 Å². The van der Waals surface area contributed by atoms with Crippen LogP contribution < -0.4 is 0 Å². The highest BCUT2D eigenvalue weighted by Crippen LogP contribution is 2.07. The summed E-state index contributed by atoms with van der Waals surface area (Å²) in [5.74, 6) is 0. The monoisotopic (exact) mass is 148 g/mol. The molecule has 0 unspecified atom stereocenters. The molecule has 0 saturated heterocycles. The largest absolute Gasteiger partial charge is 0.332 e. The van der Waals surface area contributed by atoms with Crippen LogP contribution in [0.15, 0.2) is 12.4 Å². The first-order chi connectivity index (χ1) is 5.27. The van der Waals surface area contributed by atoms with Crippen molar-refractivity contribution < 1.29 is 0 Å². The van der Waals surface area contributed by atoms with E-state index in [1.54, 1.807) is 6.33 Å². The number of aryl methyl sites for hydroxylation is 2. The Morgan fingerprint density at radius 3 is 3.00 bits per heavy atom. The van der Waals surface area contributed by atoms with E-state index < -0.39 is 0 Å². The fourth-order valence-corrected chi connectivity index (χ4v) is 1.02. The fourth-order valence-electron chi connectivity index (χ4n) is 1.02. The maximum Gasteiger partial charge on any atom is 0.199 e. The van der Waals surface area contributed by atoms with E-state index in [1.807, 2.05) is 24.6 Å². The molecule has 0 atom stereocenters. The van der Waals surface area contributed by atoms with Gasteiger partial charge in [-0.1, -0.05) is 0 Å². The smallest absolute Gasteiger partial charge is 0.199 e. The Kier molecular flexibility index (Phi) is 1.15. The third-order valence-electron chi connectivity index (χ3n) is 1.61. The molecule has 4 nitrogen and oxygen atoms in total. The van der Waals surface area contributed by atoms with Gasteiger partial charge in [0.05, 0.1) is 17.5 Å². The highest BCUT2D eigenvalue weighted by Gasteiger charge is 1.99. The van der Waals surface area contributed by atoms with Gasteiger partial charge in [-0.2, -0.15) is 5.10 Å². The molecule has 2 aromatic heterocycles. The van der Waals surface area contributed by atoms with Gasteiger partial charge in [-0.25, -0.2) is 4.98 Å². The zero-order chi connectivity index (χ0) is 7.84. The number of imidazole rings is 1. The first kappa shape index (κ1) is 6.27. The molecular weight excluding hydrogens is 140 g/mol. The molecule has 0 N–H and O–H groups in total. The third kappa shape index (κ3) is 0.869. The van der Waals surface area contributed by atoms with Crippen LogP contribution in [0.3, 0.4) is 0 Å². The topological polar surface area (TPSA) is 43.6 Å².